The maximum atomic E-state index is 13.0. The molecule has 2 aromatic carbocycles. The quantitative estimate of drug-likeness (QED) is 0.385. The number of halogens is 2. The van der Waals surface area contributed by atoms with Gasteiger partial charge in [-0.05, 0) is 30.7 Å². The van der Waals surface area contributed by atoms with Gasteiger partial charge in [0.2, 0.25) is 11.9 Å². The Labute approximate surface area is 223 Å². The average molecular weight is 538 g/mol. The Kier molecular flexibility index (Phi) is 7.29. The van der Waals surface area contributed by atoms with Gasteiger partial charge in [0.15, 0.2) is 0 Å². The topological polar surface area (TPSA) is 112 Å². The molecular formula is C27H29F2N7O3. The second-order valence-corrected chi connectivity index (χ2v) is 9.45. The minimum Gasteiger partial charge on any atom is -0.434 e. The molecule has 1 aliphatic heterocycles. The summed E-state index contributed by atoms with van der Waals surface area (Å²) in [4.78, 5) is 37.6. The molecule has 2 N–H and O–H groups in total. The molecule has 10 nitrogen and oxygen atoms in total. The zero-order chi connectivity index (χ0) is 27.7. The smallest absolute Gasteiger partial charge is 0.387 e. The number of carbonyl (C=O) groups is 1. The molecular weight excluding hydrogens is 508 g/mol. The second-order valence-electron chi connectivity index (χ2n) is 9.45. The van der Waals surface area contributed by atoms with Crippen LogP contribution in [-0.4, -0.2) is 69.5 Å². The van der Waals surface area contributed by atoms with Crippen LogP contribution in [0.3, 0.4) is 0 Å². The summed E-state index contributed by atoms with van der Waals surface area (Å²) >= 11 is 0. The van der Waals surface area contributed by atoms with Gasteiger partial charge in [0.1, 0.15) is 5.75 Å². The highest BCUT2D eigenvalue weighted by Crippen LogP contribution is 2.27. The van der Waals surface area contributed by atoms with Gasteiger partial charge in [0.25, 0.3) is 5.56 Å². The molecule has 0 radical (unpaired) electrons. The fourth-order valence-electron chi connectivity index (χ4n) is 4.87. The van der Waals surface area contributed by atoms with Crippen LogP contribution in [0, 0.1) is 6.92 Å². The SMILES string of the molecule is Cc1ccc(OC(F)F)c(Cn2c3cc(-c4cnc(N5CCN(C(=O)CN)CC5)nc4)ccc3c(=O)n2C)c1. The number of nitrogens with zero attached hydrogens (tertiary/aromatic N) is 6. The molecule has 204 valence electrons. The van der Waals surface area contributed by atoms with Crippen molar-refractivity contribution in [1.29, 1.82) is 0 Å². The van der Waals surface area contributed by atoms with E-state index in [0.717, 1.165) is 16.7 Å². The third kappa shape index (κ3) is 5.32. The Morgan fingerprint density at radius 1 is 1.05 bits per heavy atom. The van der Waals surface area contributed by atoms with E-state index in [9.17, 15) is 18.4 Å². The molecule has 1 amide bonds. The number of anilines is 1. The van der Waals surface area contributed by atoms with Crippen LogP contribution in [0.15, 0.2) is 53.6 Å². The maximum absolute atomic E-state index is 13.0. The van der Waals surface area contributed by atoms with E-state index in [0.29, 0.717) is 48.6 Å². The number of nitrogens with two attached hydrogens (primary N) is 1. The summed E-state index contributed by atoms with van der Waals surface area (Å²) in [5.74, 6) is 0.571. The van der Waals surface area contributed by atoms with E-state index in [4.69, 9.17) is 10.5 Å². The minimum atomic E-state index is -2.96. The van der Waals surface area contributed by atoms with Gasteiger partial charge in [-0.3, -0.25) is 19.0 Å². The number of benzene rings is 2. The molecule has 0 aliphatic carbocycles. The number of aromatic nitrogens is 4. The van der Waals surface area contributed by atoms with Crippen LogP contribution in [0.5, 0.6) is 5.75 Å². The summed E-state index contributed by atoms with van der Waals surface area (Å²) in [7, 11) is 1.64. The molecule has 5 rings (SSSR count). The van der Waals surface area contributed by atoms with E-state index in [1.807, 2.05) is 24.0 Å². The number of aryl methyl sites for hydroxylation is 1. The number of piperazine rings is 1. The van der Waals surface area contributed by atoms with E-state index < -0.39 is 6.61 Å². The third-order valence-electron chi connectivity index (χ3n) is 6.98. The van der Waals surface area contributed by atoms with E-state index in [1.165, 1.54) is 10.7 Å². The van der Waals surface area contributed by atoms with Crippen molar-refractivity contribution in [3.8, 4) is 16.9 Å². The first-order chi connectivity index (χ1) is 18.7. The van der Waals surface area contributed by atoms with Crippen LogP contribution < -0.4 is 20.9 Å². The number of ether oxygens (including phenoxy) is 1. The number of amides is 1. The first kappa shape index (κ1) is 26.3. The monoisotopic (exact) mass is 537 g/mol. The predicted molar refractivity (Wildman–Crippen MR) is 143 cm³/mol. The molecule has 0 atom stereocenters. The van der Waals surface area contributed by atoms with Gasteiger partial charge in [-0.15, -0.1) is 0 Å². The Bertz CT molecular complexity index is 1560. The van der Waals surface area contributed by atoms with Crippen LogP contribution in [0.2, 0.25) is 0 Å². The molecule has 0 spiro atoms. The lowest BCUT2D eigenvalue weighted by Crippen LogP contribution is -2.50. The van der Waals surface area contributed by atoms with Crippen molar-refractivity contribution in [2.24, 2.45) is 12.8 Å². The summed E-state index contributed by atoms with van der Waals surface area (Å²) < 4.78 is 34.0. The van der Waals surface area contributed by atoms with Gasteiger partial charge in [-0.25, -0.2) is 9.97 Å². The van der Waals surface area contributed by atoms with Crippen molar-refractivity contribution < 1.29 is 18.3 Å². The number of fused-ring (bicyclic) bond motifs is 1. The van der Waals surface area contributed by atoms with Crippen molar-refractivity contribution >= 4 is 22.8 Å². The first-order valence-electron chi connectivity index (χ1n) is 12.5. The molecule has 0 bridgehead atoms. The van der Waals surface area contributed by atoms with Gasteiger partial charge in [0.05, 0.1) is 24.0 Å². The summed E-state index contributed by atoms with van der Waals surface area (Å²) in [6.45, 7) is 1.43. The number of rotatable bonds is 7. The van der Waals surface area contributed by atoms with Gasteiger partial charge in [-0.2, -0.15) is 8.78 Å². The maximum Gasteiger partial charge on any atom is 0.387 e. The van der Waals surface area contributed by atoms with Gasteiger partial charge < -0.3 is 20.3 Å². The molecule has 1 saturated heterocycles. The molecule has 4 aromatic rings. The van der Waals surface area contributed by atoms with Crippen LogP contribution in [0.1, 0.15) is 11.1 Å². The molecule has 0 unspecified atom stereocenters. The molecule has 1 fully saturated rings. The largest absolute Gasteiger partial charge is 0.434 e. The first-order valence-corrected chi connectivity index (χ1v) is 12.5. The lowest BCUT2D eigenvalue weighted by molar-refractivity contribution is -0.129. The number of carbonyl (C=O) groups excluding carboxylic acids is 1. The molecule has 3 heterocycles. The van der Waals surface area contributed by atoms with Crippen LogP contribution >= 0.6 is 0 Å². The summed E-state index contributed by atoms with van der Waals surface area (Å²) in [6, 6.07) is 10.4. The molecule has 0 saturated carbocycles. The summed E-state index contributed by atoms with van der Waals surface area (Å²) in [5, 5.41) is 0.507. The van der Waals surface area contributed by atoms with Crippen molar-refractivity contribution in [3.63, 3.8) is 0 Å². The van der Waals surface area contributed by atoms with Crippen molar-refractivity contribution in [2.45, 2.75) is 20.1 Å². The van der Waals surface area contributed by atoms with E-state index in [1.54, 1.807) is 47.2 Å². The highest BCUT2D eigenvalue weighted by Gasteiger charge is 2.22. The van der Waals surface area contributed by atoms with Crippen LogP contribution in [-0.2, 0) is 18.4 Å². The zero-order valence-electron chi connectivity index (χ0n) is 21.7. The lowest BCUT2D eigenvalue weighted by Gasteiger charge is -2.34. The van der Waals surface area contributed by atoms with E-state index in [-0.39, 0.29) is 30.3 Å². The van der Waals surface area contributed by atoms with Gasteiger partial charge >= 0.3 is 6.61 Å². The Balaban J connectivity index is 1.43. The highest BCUT2D eigenvalue weighted by molar-refractivity contribution is 5.84. The lowest BCUT2D eigenvalue weighted by atomic mass is 10.1. The highest BCUT2D eigenvalue weighted by atomic mass is 19.3. The normalized spacial score (nSPS) is 13.9. The molecule has 12 heteroatoms. The Morgan fingerprint density at radius 2 is 1.77 bits per heavy atom. The second kappa shape index (κ2) is 10.8. The van der Waals surface area contributed by atoms with Crippen LogP contribution in [0.25, 0.3) is 22.0 Å². The summed E-state index contributed by atoms with van der Waals surface area (Å²) in [5.41, 5.74) is 8.90. The van der Waals surface area contributed by atoms with Crippen LogP contribution in [0.4, 0.5) is 14.7 Å². The average Bonchev–Trinajstić information content (AvgIpc) is 3.18. The van der Waals surface area contributed by atoms with Crippen molar-refractivity contribution in [3.05, 3.63) is 70.3 Å². The van der Waals surface area contributed by atoms with E-state index >= 15 is 0 Å². The third-order valence-corrected chi connectivity index (χ3v) is 6.98. The Hall–Kier alpha value is -4.32. The van der Waals surface area contributed by atoms with Crippen molar-refractivity contribution in [2.75, 3.05) is 37.6 Å². The fraction of sp³-hybridized carbons (Fsp3) is 0.333. The number of hydrogen-bond acceptors (Lipinski definition) is 7. The molecule has 2 aromatic heterocycles. The zero-order valence-corrected chi connectivity index (χ0v) is 21.7. The predicted octanol–water partition coefficient (Wildman–Crippen LogP) is 2.36. The number of hydrogen-bond donors (Lipinski definition) is 1. The Morgan fingerprint density at radius 3 is 2.44 bits per heavy atom. The minimum absolute atomic E-state index is 0.000424. The number of alkyl halides is 2. The fourth-order valence-corrected chi connectivity index (χ4v) is 4.87. The van der Waals surface area contributed by atoms with Gasteiger partial charge in [-0.1, -0.05) is 23.8 Å². The molecule has 1 aliphatic rings. The van der Waals surface area contributed by atoms with Gasteiger partial charge in [0, 0.05) is 56.7 Å². The van der Waals surface area contributed by atoms with E-state index in [2.05, 4.69) is 9.97 Å². The summed E-state index contributed by atoms with van der Waals surface area (Å²) in [6.07, 6.45) is 3.45. The molecule has 39 heavy (non-hydrogen) atoms. The standard InChI is InChI=1S/C27H29F2N7O3/c1-17-3-6-23(39-26(28)29)19(11-17)16-36-22-12-18(4-5-21(22)25(38)33(36)2)20-14-31-27(32-15-20)35-9-7-34(8-10-35)24(37)13-30/h3-6,11-12,14-15,26H,7-10,13,16,30H2,1-2H3. The van der Waals surface area contributed by atoms with Crippen molar-refractivity contribution in [1.82, 2.24) is 24.2 Å².